The molecule has 0 unspecified atom stereocenters. The third-order valence-electron chi connectivity index (χ3n) is 3.52. The van der Waals surface area contributed by atoms with E-state index in [0.717, 1.165) is 22.9 Å². The number of hydrogen-bond donors (Lipinski definition) is 1. The third kappa shape index (κ3) is 6.27. The maximum atomic E-state index is 12.7. The van der Waals surface area contributed by atoms with Crippen LogP contribution in [0.5, 0.6) is 17.2 Å². The van der Waals surface area contributed by atoms with Gasteiger partial charge in [0, 0.05) is 11.3 Å². The first-order valence-electron chi connectivity index (χ1n) is 9.46. The predicted molar refractivity (Wildman–Crippen MR) is 113 cm³/mol. The molecule has 0 aliphatic rings. The standard InChI is InChI=1S/C19H27N3O4S2/c1-5-9-10-27-19-22-21-18(28-19)20-17(23)13-11-14(24-6-2)16(26-8-4)15(12-13)25-7-3/h11-12H,5-10H2,1-4H3,(H,20,21,23). The highest BCUT2D eigenvalue weighted by Gasteiger charge is 2.19. The molecule has 0 saturated heterocycles. The molecule has 9 heteroatoms. The van der Waals surface area contributed by atoms with E-state index < -0.39 is 0 Å². The first-order valence-corrected chi connectivity index (χ1v) is 11.3. The fraction of sp³-hybridized carbons (Fsp3) is 0.526. The van der Waals surface area contributed by atoms with Crippen LogP contribution >= 0.6 is 23.1 Å². The minimum Gasteiger partial charge on any atom is -0.490 e. The lowest BCUT2D eigenvalue weighted by atomic mass is 10.1. The molecule has 7 nitrogen and oxygen atoms in total. The molecule has 2 rings (SSSR count). The Balaban J connectivity index is 2.19. The SMILES string of the molecule is CCCCSc1nnc(NC(=O)c2cc(OCC)c(OCC)c(OCC)c2)s1. The Morgan fingerprint density at radius 3 is 2.25 bits per heavy atom. The number of amides is 1. The predicted octanol–water partition coefficient (Wildman–Crippen LogP) is 4.88. The second kappa shape index (κ2) is 11.8. The van der Waals surface area contributed by atoms with Crippen LogP contribution in [-0.4, -0.2) is 41.7 Å². The highest BCUT2D eigenvalue weighted by Crippen LogP contribution is 2.39. The third-order valence-corrected chi connectivity index (χ3v) is 5.58. The molecule has 1 N–H and O–H groups in total. The number of aromatic nitrogens is 2. The van der Waals surface area contributed by atoms with E-state index >= 15 is 0 Å². The van der Waals surface area contributed by atoms with E-state index in [9.17, 15) is 4.79 Å². The van der Waals surface area contributed by atoms with Gasteiger partial charge in [-0.2, -0.15) is 0 Å². The lowest BCUT2D eigenvalue weighted by Crippen LogP contribution is -2.13. The molecular formula is C19H27N3O4S2. The van der Waals surface area contributed by atoms with E-state index in [1.165, 1.54) is 11.3 Å². The van der Waals surface area contributed by atoms with Crippen molar-refractivity contribution in [3.8, 4) is 17.2 Å². The first kappa shape index (κ1) is 22.3. The summed E-state index contributed by atoms with van der Waals surface area (Å²) < 4.78 is 17.8. The Kier molecular flexibility index (Phi) is 9.36. The normalized spacial score (nSPS) is 10.6. The molecule has 0 spiro atoms. The van der Waals surface area contributed by atoms with Crippen LogP contribution in [0.3, 0.4) is 0 Å². The number of ether oxygens (including phenoxy) is 3. The number of thioether (sulfide) groups is 1. The van der Waals surface area contributed by atoms with E-state index in [4.69, 9.17) is 14.2 Å². The summed E-state index contributed by atoms with van der Waals surface area (Å²) in [5.41, 5.74) is 0.408. The summed E-state index contributed by atoms with van der Waals surface area (Å²) in [6.45, 7) is 9.16. The van der Waals surface area contributed by atoms with Crippen molar-refractivity contribution in [1.29, 1.82) is 0 Å². The zero-order valence-corrected chi connectivity index (χ0v) is 18.4. The zero-order valence-electron chi connectivity index (χ0n) is 16.7. The monoisotopic (exact) mass is 425 g/mol. The summed E-state index contributed by atoms with van der Waals surface area (Å²) in [6.07, 6.45) is 2.26. The van der Waals surface area contributed by atoms with E-state index in [-0.39, 0.29) is 5.91 Å². The van der Waals surface area contributed by atoms with Crippen molar-refractivity contribution in [3.63, 3.8) is 0 Å². The van der Waals surface area contributed by atoms with Crippen molar-refractivity contribution in [3.05, 3.63) is 17.7 Å². The molecule has 1 aromatic carbocycles. The summed E-state index contributed by atoms with van der Waals surface area (Å²) in [6, 6.07) is 3.31. The highest BCUT2D eigenvalue weighted by molar-refractivity contribution is 8.01. The van der Waals surface area contributed by atoms with Crippen LogP contribution < -0.4 is 19.5 Å². The maximum Gasteiger partial charge on any atom is 0.257 e. The Hall–Kier alpha value is -2.00. The van der Waals surface area contributed by atoms with Crippen molar-refractivity contribution in [2.24, 2.45) is 0 Å². The average Bonchev–Trinajstić information content (AvgIpc) is 3.12. The molecule has 0 aliphatic heterocycles. The number of carbonyl (C=O) groups is 1. The Bertz CT molecular complexity index is 740. The molecule has 28 heavy (non-hydrogen) atoms. The molecule has 1 amide bonds. The van der Waals surface area contributed by atoms with Gasteiger partial charge >= 0.3 is 0 Å². The van der Waals surface area contributed by atoms with Crippen LogP contribution in [0.15, 0.2) is 16.5 Å². The van der Waals surface area contributed by atoms with Crippen molar-refractivity contribution in [2.45, 2.75) is 44.9 Å². The van der Waals surface area contributed by atoms with Gasteiger partial charge in [0.2, 0.25) is 10.9 Å². The summed E-state index contributed by atoms with van der Waals surface area (Å²) in [5, 5.41) is 11.4. The lowest BCUT2D eigenvalue weighted by molar-refractivity contribution is 0.102. The first-order chi connectivity index (χ1) is 13.6. The fourth-order valence-electron chi connectivity index (χ4n) is 2.31. The number of rotatable bonds is 12. The summed E-state index contributed by atoms with van der Waals surface area (Å²) in [5.74, 6) is 2.16. The smallest absolute Gasteiger partial charge is 0.257 e. The lowest BCUT2D eigenvalue weighted by Gasteiger charge is -2.16. The second-order valence-corrected chi connectivity index (χ2v) is 7.95. The summed E-state index contributed by atoms with van der Waals surface area (Å²) >= 11 is 3.02. The Morgan fingerprint density at radius 1 is 1.04 bits per heavy atom. The van der Waals surface area contributed by atoms with Gasteiger partial charge in [-0.25, -0.2) is 0 Å². The molecule has 0 fully saturated rings. The number of hydrogen-bond acceptors (Lipinski definition) is 8. The zero-order chi connectivity index (χ0) is 20.4. The largest absolute Gasteiger partial charge is 0.490 e. The Labute approximate surface area is 174 Å². The van der Waals surface area contributed by atoms with Gasteiger partial charge in [0.15, 0.2) is 15.8 Å². The molecule has 0 radical (unpaired) electrons. The number of nitrogens with zero attached hydrogens (tertiary/aromatic N) is 2. The van der Waals surface area contributed by atoms with Gasteiger partial charge in [-0.1, -0.05) is 36.4 Å². The number of carbonyl (C=O) groups excluding carboxylic acids is 1. The van der Waals surface area contributed by atoms with Gasteiger partial charge in [0.05, 0.1) is 19.8 Å². The van der Waals surface area contributed by atoms with Crippen molar-refractivity contribution in [2.75, 3.05) is 30.9 Å². The minimum atomic E-state index is -0.300. The van der Waals surface area contributed by atoms with Crippen molar-refractivity contribution in [1.82, 2.24) is 10.2 Å². The van der Waals surface area contributed by atoms with Crippen LogP contribution in [0.25, 0.3) is 0 Å². The van der Waals surface area contributed by atoms with Gasteiger partial charge in [-0.3, -0.25) is 10.1 Å². The van der Waals surface area contributed by atoms with Crippen molar-refractivity contribution >= 4 is 34.1 Å². The molecule has 0 atom stereocenters. The molecule has 1 heterocycles. The molecule has 0 aliphatic carbocycles. The summed E-state index contributed by atoms with van der Waals surface area (Å²) in [7, 11) is 0. The topological polar surface area (TPSA) is 82.6 Å². The van der Waals surface area contributed by atoms with Crippen LogP contribution in [0.4, 0.5) is 5.13 Å². The number of anilines is 1. The highest BCUT2D eigenvalue weighted by atomic mass is 32.2. The Morgan fingerprint density at radius 2 is 1.68 bits per heavy atom. The van der Waals surface area contributed by atoms with Crippen LogP contribution in [0.2, 0.25) is 0 Å². The van der Waals surface area contributed by atoms with Gasteiger partial charge in [0.25, 0.3) is 5.91 Å². The second-order valence-electron chi connectivity index (χ2n) is 5.63. The van der Waals surface area contributed by atoms with E-state index in [1.807, 2.05) is 20.8 Å². The van der Waals surface area contributed by atoms with E-state index in [2.05, 4.69) is 22.4 Å². The molecule has 154 valence electrons. The minimum absolute atomic E-state index is 0.300. The average molecular weight is 426 g/mol. The van der Waals surface area contributed by atoms with Crippen LogP contribution in [0.1, 0.15) is 50.9 Å². The van der Waals surface area contributed by atoms with Gasteiger partial charge in [-0.05, 0) is 39.3 Å². The number of benzene rings is 1. The molecule has 0 bridgehead atoms. The quantitative estimate of drug-likeness (QED) is 0.295. The van der Waals surface area contributed by atoms with Crippen LogP contribution in [0, 0.1) is 0 Å². The van der Waals surface area contributed by atoms with Gasteiger partial charge in [-0.15, -0.1) is 10.2 Å². The van der Waals surface area contributed by atoms with Gasteiger partial charge < -0.3 is 14.2 Å². The number of nitrogens with one attached hydrogen (secondary N) is 1. The van der Waals surface area contributed by atoms with Crippen LogP contribution in [-0.2, 0) is 0 Å². The maximum absolute atomic E-state index is 12.7. The molecule has 2 aromatic rings. The van der Waals surface area contributed by atoms with E-state index in [1.54, 1.807) is 23.9 Å². The fourth-order valence-corrected chi connectivity index (χ4v) is 4.21. The molecular weight excluding hydrogens is 398 g/mol. The molecule has 1 aromatic heterocycles. The van der Waals surface area contributed by atoms with E-state index in [0.29, 0.717) is 47.8 Å². The van der Waals surface area contributed by atoms with Crippen molar-refractivity contribution < 1.29 is 19.0 Å². The van der Waals surface area contributed by atoms with Gasteiger partial charge in [0.1, 0.15) is 0 Å². The molecule has 0 saturated carbocycles. The summed E-state index contributed by atoms with van der Waals surface area (Å²) in [4.78, 5) is 12.7. The number of unbranched alkanes of at least 4 members (excludes halogenated alkanes) is 1.